The van der Waals surface area contributed by atoms with E-state index in [0.29, 0.717) is 11.5 Å². The minimum absolute atomic E-state index is 0.686. The van der Waals surface area contributed by atoms with Crippen LogP contribution in [0.25, 0.3) is 10.9 Å². The Morgan fingerprint density at radius 1 is 1.05 bits per heavy atom. The van der Waals surface area contributed by atoms with Crippen LogP contribution in [0.4, 0.5) is 5.69 Å². The largest absolute Gasteiger partial charge is 0.493 e. The van der Waals surface area contributed by atoms with E-state index in [1.165, 1.54) is 0 Å². The molecule has 0 aliphatic heterocycles. The fourth-order valence-electron chi connectivity index (χ4n) is 2.09. The second-order valence-corrected chi connectivity index (χ2v) is 4.51. The van der Waals surface area contributed by atoms with Gasteiger partial charge in [0.2, 0.25) is 0 Å². The second-order valence-electron chi connectivity index (χ2n) is 4.51. The third-order valence-corrected chi connectivity index (χ3v) is 3.20. The Bertz CT molecular complexity index is 793. The SMILES string of the molecule is COc1ccc(C=Nc2ccc3cn[nH]c3c2)cc1OC. The first-order valence-corrected chi connectivity index (χ1v) is 6.49. The normalized spacial score (nSPS) is 11.1. The van der Waals surface area contributed by atoms with E-state index in [4.69, 9.17) is 9.47 Å². The number of aromatic nitrogens is 2. The molecule has 3 rings (SSSR count). The number of rotatable bonds is 4. The zero-order chi connectivity index (χ0) is 14.7. The minimum atomic E-state index is 0.686. The van der Waals surface area contributed by atoms with Gasteiger partial charge in [-0.25, -0.2) is 0 Å². The molecule has 0 saturated heterocycles. The van der Waals surface area contributed by atoms with Gasteiger partial charge < -0.3 is 9.47 Å². The van der Waals surface area contributed by atoms with Crippen LogP contribution in [0.15, 0.2) is 47.6 Å². The standard InChI is InChI=1S/C16H15N3O2/c1-20-15-6-3-11(7-16(15)21-2)9-17-13-5-4-12-10-18-19-14(12)8-13/h3-10H,1-2H3,(H,18,19). The van der Waals surface area contributed by atoms with Gasteiger partial charge in [0.05, 0.1) is 31.6 Å². The van der Waals surface area contributed by atoms with Crippen LogP contribution in [-0.4, -0.2) is 30.6 Å². The van der Waals surface area contributed by atoms with Crippen molar-refractivity contribution in [2.24, 2.45) is 4.99 Å². The number of nitrogens with one attached hydrogen (secondary N) is 1. The van der Waals surface area contributed by atoms with E-state index in [2.05, 4.69) is 15.2 Å². The number of aromatic amines is 1. The summed E-state index contributed by atoms with van der Waals surface area (Å²) in [6.45, 7) is 0. The van der Waals surface area contributed by atoms with Crippen LogP contribution >= 0.6 is 0 Å². The molecule has 0 amide bonds. The molecule has 2 aromatic carbocycles. The summed E-state index contributed by atoms with van der Waals surface area (Å²) in [5.74, 6) is 1.39. The predicted octanol–water partition coefficient (Wildman–Crippen LogP) is 3.33. The van der Waals surface area contributed by atoms with Crippen molar-refractivity contribution in [1.29, 1.82) is 0 Å². The van der Waals surface area contributed by atoms with Crippen molar-refractivity contribution < 1.29 is 9.47 Å². The lowest BCUT2D eigenvalue weighted by atomic mass is 10.2. The van der Waals surface area contributed by atoms with Crippen LogP contribution in [0.5, 0.6) is 11.5 Å². The maximum Gasteiger partial charge on any atom is 0.161 e. The number of hydrogen-bond acceptors (Lipinski definition) is 4. The third-order valence-electron chi connectivity index (χ3n) is 3.20. The zero-order valence-electron chi connectivity index (χ0n) is 11.8. The van der Waals surface area contributed by atoms with E-state index >= 15 is 0 Å². The number of benzene rings is 2. The minimum Gasteiger partial charge on any atom is -0.493 e. The van der Waals surface area contributed by atoms with Crippen molar-refractivity contribution in [2.45, 2.75) is 0 Å². The third kappa shape index (κ3) is 2.72. The number of H-pyrrole nitrogens is 1. The van der Waals surface area contributed by atoms with E-state index in [9.17, 15) is 0 Å². The summed E-state index contributed by atoms with van der Waals surface area (Å²) in [5, 5.41) is 8.00. The summed E-state index contributed by atoms with van der Waals surface area (Å²) in [6.07, 6.45) is 3.58. The average Bonchev–Trinajstić information content (AvgIpc) is 3.00. The van der Waals surface area contributed by atoms with Gasteiger partial charge in [-0.05, 0) is 42.0 Å². The summed E-state index contributed by atoms with van der Waals surface area (Å²) in [7, 11) is 3.23. The van der Waals surface area contributed by atoms with Gasteiger partial charge in [-0.3, -0.25) is 10.1 Å². The van der Waals surface area contributed by atoms with Gasteiger partial charge in [-0.15, -0.1) is 0 Å². The topological polar surface area (TPSA) is 59.5 Å². The highest BCUT2D eigenvalue weighted by Gasteiger charge is 2.03. The second kappa shape index (κ2) is 5.66. The smallest absolute Gasteiger partial charge is 0.161 e. The van der Waals surface area contributed by atoms with Gasteiger partial charge >= 0.3 is 0 Å². The van der Waals surface area contributed by atoms with Crippen molar-refractivity contribution in [3.63, 3.8) is 0 Å². The molecule has 1 aromatic heterocycles. The highest BCUT2D eigenvalue weighted by molar-refractivity contribution is 5.86. The molecule has 0 saturated carbocycles. The Morgan fingerprint density at radius 3 is 2.71 bits per heavy atom. The number of fused-ring (bicyclic) bond motifs is 1. The van der Waals surface area contributed by atoms with Crippen molar-refractivity contribution in [3.05, 3.63) is 48.2 Å². The van der Waals surface area contributed by atoms with Crippen LogP contribution in [0, 0.1) is 0 Å². The Balaban J connectivity index is 1.87. The van der Waals surface area contributed by atoms with Crippen LogP contribution in [0.3, 0.4) is 0 Å². The number of aliphatic imine (C=N–C) groups is 1. The molecule has 0 radical (unpaired) electrons. The highest BCUT2D eigenvalue weighted by Crippen LogP contribution is 2.27. The van der Waals surface area contributed by atoms with Crippen LogP contribution in [0.1, 0.15) is 5.56 Å². The van der Waals surface area contributed by atoms with Crippen molar-refractivity contribution >= 4 is 22.8 Å². The van der Waals surface area contributed by atoms with Gasteiger partial charge in [-0.2, -0.15) is 5.10 Å². The number of ether oxygens (including phenoxy) is 2. The Labute approximate surface area is 122 Å². The van der Waals surface area contributed by atoms with Gasteiger partial charge in [0, 0.05) is 11.6 Å². The Hall–Kier alpha value is -2.82. The molecular weight excluding hydrogens is 266 g/mol. The first kappa shape index (κ1) is 13.2. The lowest BCUT2D eigenvalue weighted by Crippen LogP contribution is -1.91. The molecule has 0 aliphatic carbocycles. The van der Waals surface area contributed by atoms with Gasteiger partial charge in [0.25, 0.3) is 0 Å². The number of nitrogens with zero attached hydrogens (tertiary/aromatic N) is 2. The van der Waals surface area contributed by atoms with E-state index in [1.54, 1.807) is 26.6 Å². The summed E-state index contributed by atoms with van der Waals surface area (Å²) in [6, 6.07) is 11.6. The van der Waals surface area contributed by atoms with E-state index in [0.717, 1.165) is 22.2 Å². The maximum atomic E-state index is 5.28. The number of methoxy groups -OCH3 is 2. The van der Waals surface area contributed by atoms with Crippen molar-refractivity contribution in [1.82, 2.24) is 10.2 Å². The molecule has 0 unspecified atom stereocenters. The zero-order valence-corrected chi connectivity index (χ0v) is 11.8. The molecule has 5 nitrogen and oxygen atoms in total. The molecule has 0 atom stereocenters. The first-order chi connectivity index (χ1) is 10.3. The molecular formula is C16H15N3O2. The summed E-state index contributed by atoms with van der Waals surface area (Å²) in [4.78, 5) is 4.47. The lowest BCUT2D eigenvalue weighted by Gasteiger charge is -2.07. The molecule has 0 aliphatic rings. The molecule has 0 spiro atoms. The molecule has 0 fully saturated rings. The molecule has 0 bridgehead atoms. The predicted molar refractivity (Wildman–Crippen MR) is 82.9 cm³/mol. The first-order valence-electron chi connectivity index (χ1n) is 6.49. The fourth-order valence-corrected chi connectivity index (χ4v) is 2.09. The molecule has 5 heteroatoms. The fraction of sp³-hybridized carbons (Fsp3) is 0.125. The van der Waals surface area contributed by atoms with Crippen molar-refractivity contribution in [2.75, 3.05) is 14.2 Å². The lowest BCUT2D eigenvalue weighted by molar-refractivity contribution is 0.355. The Morgan fingerprint density at radius 2 is 1.90 bits per heavy atom. The van der Waals surface area contributed by atoms with Crippen LogP contribution < -0.4 is 9.47 Å². The molecule has 1 N–H and O–H groups in total. The van der Waals surface area contributed by atoms with Crippen LogP contribution in [0.2, 0.25) is 0 Å². The van der Waals surface area contributed by atoms with E-state index in [-0.39, 0.29) is 0 Å². The maximum absolute atomic E-state index is 5.28. The average molecular weight is 281 g/mol. The quantitative estimate of drug-likeness (QED) is 0.746. The Kier molecular flexibility index (Phi) is 3.55. The van der Waals surface area contributed by atoms with Crippen LogP contribution in [-0.2, 0) is 0 Å². The molecule has 21 heavy (non-hydrogen) atoms. The summed E-state index contributed by atoms with van der Waals surface area (Å²) in [5.41, 5.74) is 2.77. The molecule has 3 aromatic rings. The van der Waals surface area contributed by atoms with E-state index < -0.39 is 0 Å². The monoisotopic (exact) mass is 281 g/mol. The molecule has 106 valence electrons. The van der Waals surface area contributed by atoms with Gasteiger partial charge in [0.15, 0.2) is 11.5 Å². The van der Waals surface area contributed by atoms with E-state index in [1.807, 2.05) is 36.4 Å². The highest BCUT2D eigenvalue weighted by atomic mass is 16.5. The van der Waals surface area contributed by atoms with Gasteiger partial charge in [-0.1, -0.05) is 0 Å². The summed E-state index contributed by atoms with van der Waals surface area (Å²) >= 11 is 0. The van der Waals surface area contributed by atoms with Crippen molar-refractivity contribution in [3.8, 4) is 11.5 Å². The summed E-state index contributed by atoms with van der Waals surface area (Å²) < 4.78 is 10.5. The van der Waals surface area contributed by atoms with Gasteiger partial charge in [0.1, 0.15) is 0 Å². The number of hydrogen-bond donors (Lipinski definition) is 1. The molecule has 1 heterocycles.